The van der Waals surface area contributed by atoms with Gasteiger partial charge >= 0.3 is 0 Å². The summed E-state index contributed by atoms with van der Waals surface area (Å²) in [5.41, 5.74) is 3.55. The molecule has 0 spiro atoms. The number of fused-ring (bicyclic) bond motifs is 1. The molecule has 1 heterocycles. The van der Waals surface area contributed by atoms with E-state index in [1.807, 2.05) is 29.2 Å². The number of aromatic amines is 1. The lowest BCUT2D eigenvalue weighted by Crippen LogP contribution is -2.40. The van der Waals surface area contributed by atoms with Crippen molar-refractivity contribution in [2.75, 3.05) is 13.1 Å². The summed E-state index contributed by atoms with van der Waals surface area (Å²) in [5.74, 6) is 0.141. The molecule has 0 unspecified atom stereocenters. The van der Waals surface area contributed by atoms with Gasteiger partial charge in [0.05, 0.1) is 6.54 Å². The average molecular weight is 349 g/mol. The minimum atomic E-state index is 0.141. The van der Waals surface area contributed by atoms with Crippen LogP contribution in [0.3, 0.4) is 0 Å². The summed E-state index contributed by atoms with van der Waals surface area (Å²) in [5, 5.41) is 4.47. The Morgan fingerprint density at radius 1 is 1.08 bits per heavy atom. The monoisotopic (exact) mass is 349 g/mol. The number of nitrogens with zero attached hydrogens (tertiary/aromatic N) is 1. The van der Waals surface area contributed by atoms with Crippen LogP contribution in [-0.2, 0) is 17.8 Å². The van der Waals surface area contributed by atoms with Crippen LogP contribution in [0.15, 0.2) is 60.8 Å². The molecule has 0 bridgehead atoms. The van der Waals surface area contributed by atoms with Crippen molar-refractivity contribution in [3.8, 4) is 0 Å². The van der Waals surface area contributed by atoms with Crippen LogP contribution < -0.4 is 5.32 Å². The van der Waals surface area contributed by atoms with Gasteiger partial charge in [0, 0.05) is 36.2 Å². The third kappa shape index (κ3) is 4.73. The first-order chi connectivity index (χ1) is 12.6. The van der Waals surface area contributed by atoms with E-state index < -0.39 is 0 Å². The van der Waals surface area contributed by atoms with Gasteiger partial charge in [-0.25, -0.2) is 0 Å². The third-order valence-electron chi connectivity index (χ3n) is 4.56. The highest BCUT2D eigenvalue weighted by atomic mass is 16.2. The smallest absolute Gasteiger partial charge is 0.236 e. The summed E-state index contributed by atoms with van der Waals surface area (Å²) in [6.45, 7) is 5.83. The Morgan fingerprint density at radius 3 is 2.58 bits per heavy atom. The molecule has 0 saturated heterocycles. The first kappa shape index (κ1) is 18.2. The molecule has 4 nitrogen and oxygen atoms in total. The zero-order chi connectivity index (χ0) is 18.4. The van der Waals surface area contributed by atoms with Gasteiger partial charge in [0.15, 0.2) is 0 Å². The molecule has 1 aromatic heterocycles. The van der Waals surface area contributed by atoms with Crippen LogP contribution in [0.2, 0.25) is 0 Å². The molecule has 0 aliphatic heterocycles. The Morgan fingerprint density at radius 2 is 1.81 bits per heavy atom. The summed E-state index contributed by atoms with van der Waals surface area (Å²) in [6, 6.07) is 18.8. The van der Waals surface area contributed by atoms with E-state index in [9.17, 15) is 4.79 Å². The van der Waals surface area contributed by atoms with E-state index in [2.05, 4.69) is 60.7 Å². The number of amides is 1. The lowest BCUT2D eigenvalue weighted by molar-refractivity contribution is -0.130. The summed E-state index contributed by atoms with van der Waals surface area (Å²) in [6.07, 6.45) is 2.90. The number of H-pyrrole nitrogens is 1. The Kier molecular flexibility index (Phi) is 6.08. The summed E-state index contributed by atoms with van der Waals surface area (Å²) in [7, 11) is 0. The van der Waals surface area contributed by atoms with Crippen LogP contribution in [0.4, 0.5) is 0 Å². The minimum Gasteiger partial charge on any atom is -0.361 e. The molecule has 0 fully saturated rings. The highest BCUT2D eigenvalue weighted by Gasteiger charge is 2.15. The maximum atomic E-state index is 12.7. The molecule has 2 aromatic carbocycles. The predicted molar refractivity (Wildman–Crippen MR) is 107 cm³/mol. The van der Waals surface area contributed by atoms with Crippen LogP contribution in [0.5, 0.6) is 0 Å². The van der Waals surface area contributed by atoms with Gasteiger partial charge in [0.1, 0.15) is 0 Å². The van der Waals surface area contributed by atoms with Gasteiger partial charge < -0.3 is 15.2 Å². The summed E-state index contributed by atoms with van der Waals surface area (Å²) < 4.78 is 0. The highest BCUT2D eigenvalue weighted by molar-refractivity contribution is 5.83. The Balaban J connectivity index is 1.71. The molecule has 3 rings (SSSR count). The topological polar surface area (TPSA) is 48.1 Å². The second-order valence-corrected chi connectivity index (χ2v) is 6.95. The molecular formula is C22H27N3O. The van der Waals surface area contributed by atoms with Gasteiger partial charge in [-0.15, -0.1) is 0 Å². The Hall–Kier alpha value is -2.59. The number of para-hydroxylation sites is 1. The van der Waals surface area contributed by atoms with E-state index in [4.69, 9.17) is 0 Å². The van der Waals surface area contributed by atoms with Crippen LogP contribution in [0.25, 0.3) is 10.9 Å². The van der Waals surface area contributed by atoms with Crippen LogP contribution >= 0.6 is 0 Å². The van der Waals surface area contributed by atoms with Crippen molar-refractivity contribution in [1.82, 2.24) is 15.2 Å². The number of rotatable bonds is 8. The van der Waals surface area contributed by atoms with Crippen molar-refractivity contribution in [2.24, 2.45) is 0 Å². The van der Waals surface area contributed by atoms with Crippen LogP contribution in [0.1, 0.15) is 25.0 Å². The van der Waals surface area contributed by atoms with Crippen molar-refractivity contribution < 1.29 is 4.79 Å². The number of nitrogens with one attached hydrogen (secondary N) is 2. The maximum absolute atomic E-state index is 12.7. The zero-order valence-corrected chi connectivity index (χ0v) is 15.5. The van der Waals surface area contributed by atoms with E-state index in [-0.39, 0.29) is 5.91 Å². The fourth-order valence-corrected chi connectivity index (χ4v) is 3.09. The number of benzene rings is 2. The second kappa shape index (κ2) is 8.68. The van der Waals surface area contributed by atoms with Gasteiger partial charge in [0.2, 0.25) is 5.91 Å². The molecule has 2 N–H and O–H groups in total. The van der Waals surface area contributed by atoms with E-state index in [0.717, 1.165) is 17.5 Å². The van der Waals surface area contributed by atoms with Crippen molar-refractivity contribution in [3.63, 3.8) is 0 Å². The molecule has 1 amide bonds. The first-order valence-electron chi connectivity index (χ1n) is 9.23. The molecule has 0 saturated carbocycles. The van der Waals surface area contributed by atoms with Crippen molar-refractivity contribution >= 4 is 16.8 Å². The molecule has 0 aliphatic rings. The SMILES string of the molecule is CC(C)NCC(=O)N(CCc1c[nH]c2ccccc12)Cc1ccccc1. The molecule has 26 heavy (non-hydrogen) atoms. The van der Waals surface area contributed by atoms with Gasteiger partial charge in [-0.2, -0.15) is 0 Å². The lowest BCUT2D eigenvalue weighted by atomic mass is 10.1. The Labute approximate surface area is 155 Å². The molecule has 0 atom stereocenters. The molecular weight excluding hydrogens is 322 g/mol. The van der Waals surface area contributed by atoms with E-state index in [1.165, 1.54) is 10.9 Å². The van der Waals surface area contributed by atoms with E-state index in [0.29, 0.717) is 25.7 Å². The molecule has 4 heteroatoms. The predicted octanol–water partition coefficient (Wildman–Crippen LogP) is 3.74. The second-order valence-electron chi connectivity index (χ2n) is 6.95. The van der Waals surface area contributed by atoms with Crippen molar-refractivity contribution in [1.29, 1.82) is 0 Å². The van der Waals surface area contributed by atoms with Crippen molar-refractivity contribution in [3.05, 3.63) is 71.9 Å². The minimum absolute atomic E-state index is 0.141. The highest BCUT2D eigenvalue weighted by Crippen LogP contribution is 2.18. The lowest BCUT2D eigenvalue weighted by Gasteiger charge is -2.24. The first-order valence-corrected chi connectivity index (χ1v) is 9.23. The van der Waals surface area contributed by atoms with Gasteiger partial charge in [-0.1, -0.05) is 62.4 Å². The largest absolute Gasteiger partial charge is 0.361 e. The number of carbonyl (C=O) groups excluding carboxylic acids is 1. The fourth-order valence-electron chi connectivity index (χ4n) is 3.09. The Bertz CT molecular complexity index is 839. The van der Waals surface area contributed by atoms with Crippen LogP contribution in [0, 0.1) is 0 Å². The van der Waals surface area contributed by atoms with E-state index in [1.54, 1.807) is 0 Å². The number of hydrogen-bond acceptors (Lipinski definition) is 2. The van der Waals surface area contributed by atoms with Gasteiger partial charge in [-0.05, 0) is 23.6 Å². The molecule has 136 valence electrons. The molecule has 0 radical (unpaired) electrons. The fraction of sp³-hybridized carbons (Fsp3) is 0.318. The van der Waals surface area contributed by atoms with Crippen molar-refractivity contribution in [2.45, 2.75) is 32.9 Å². The number of hydrogen-bond donors (Lipinski definition) is 2. The number of aromatic nitrogens is 1. The summed E-state index contributed by atoms with van der Waals surface area (Å²) >= 11 is 0. The quantitative estimate of drug-likeness (QED) is 0.651. The van der Waals surface area contributed by atoms with Crippen LogP contribution in [-0.4, -0.2) is 34.9 Å². The average Bonchev–Trinajstić information content (AvgIpc) is 3.07. The van der Waals surface area contributed by atoms with E-state index >= 15 is 0 Å². The number of carbonyl (C=O) groups is 1. The van der Waals surface area contributed by atoms with Gasteiger partial charge in [-0.3, -0.25) is 4.79 Å². The molecule has 0 aliphatic carbocycles. The summed E-state index contributed by atoms with van der Waals surface area (Å²) in [4.78, 5) is 18.0. The maximum Gasteiger partial charge on any atom is 0.236 e. The third-order valence-corrected chi connectivity index (χ3v) is 4.56. The van der Waals surface area contributed by atoms with Gasteiger partial charge in [0.25, 0.3) is 0 Å². The zero-order valence-electron chi connectivity index (χ0n) is 15.5. The normalized spacial score (nSPS) is 11.2. The standard InChI is InChI=1S/C22H27N3O/c1-17(2)23-15-22(26)25(16-18-8-4-3-5-9-18)13-12-19-14-24-21-11-7-6-10-20(19)21/h3-11,14,17,23-24H,12-13,15-16H2,1-2H3. The molecule has 3 aromatic rings.